The summed E-state index contributed by atoms with van der Waals surface area (Å²) in [5.74, 6) is -2.18. The van der Waals surface area contributed by atoms with Gasteiger partial charge in [-0.05, 0) is 24.1 Å². The monoisotopic (exact) mass is 565 g/mol. The van der Waals surface area contributed by atoms with Crippen molar-refractivity contribution in [1.29, 1.82) is 0 Å². The summed E-state index contributed by atoms with van der Waals surface area (Å²) >= 11 is 2.25. The Morgan fingerprint density at radius 1 is 1.32 bits per heavy atom. The van der Waals surface area contributed by atoms with Gasteiger partial charge in [0.1, 0.15) is 28.9 Å². The van der Waals surface area contributed by atoms with Gasteiger partial charge in [-0.15, -0.1) is 22.0 Å². The molecule has 4 atom stereocenters. The minimum atomic E-state index is -1.54. The molecule has 4 N–H and O–H groups in total. The van der Waals surface area contributed by atoms with E-state index in [1.165, 1.54) is 47.3 Å². The maximum Gasteiger partial charge on any atom is 0.421 e. The number of unbranched alkanes of at least 4 members (excludes halogenated alkanes) is 1. The highest BCUT2D eigenvalue weighted by Gasteiger charge is 2.57. The fourth-order valence-corrected chi connectivity index (χ4v) is 6.73. The van der Waals surface area contributed by atoms with Crippen LogP contribution in [0.15, 0.2) is 35.7 Å². The number of nitrogens with zero attached hydrogens (tertiary/aromatic N) is 4. The summed E-state index contributed by atoms with van der Waals surface area (Å²) in [6.45, 7) is 2.12. The number of hydrogen-bond donors (Lipinski definition) is 4. The van der Waals surface area contributed by atoms with E-state index in [2.05, 4.69) is 15.5 Å². The van der Waals surface area contributed by atoms with Crippen molar-refractivity contribution in [3.8, 4) is 5.75 Å². The predicted molar refractivity (Wildman–Crippen MR) is 135 cm³/mol. The van der Waals surface area contributed by atoms with Gasteiger partial charge in [-0.1, -0.05) is 37.2 Å². The van der Waals surface area contributed by atoms with E-state index in [1.54, 1.807) is 0 Å². The van der Waals surface area contributed by atoms with E-state index in [-0.39, 0.29) is 41.1 Å². The first-order chi connectivity index (χ1) is 18.2. The highest BCUT2D eigenvalue weighted by Crippen LogP contribution is 2.44. The third-order valence-electron chi connectivity index (χ3n) is 6.27. The normalized spacial score (nSPS) is 23.2. The molecule has 2 fully saturated rings. The zero-order chi connectivity index (χ0) is 27.4. The molecule has 38 heavy (non-hydrogen) atoms. The Morgan fingerprint density at radius 3 is 2.74 bits per heavy atom. The first kappa shape index (κ1) is 27.7. The molecule has 0 bridgehead atoms. The summed E-state index contributed by atoms with van der Waals surface area (Å²) < 4.78 is 6.29. The van der Waals surface area contributed by atoms with Crippen molar-refractivity contribution in [2.24, 2.45) is 5.41 Å². The maximum atomic E-state index is 12.8. The number of carboxylic acids is 1. The van der Waals surface area contributed by atoms with Crippen molar-refractivity contribution in [3.05, 3.63) is 36.2 Å². The lowest BCUT2D eigenvalue weighted by Crippen LogP contribution is -2.74. The Kier molecular flexibility index (Phi) is 8.47. The number of carbonyl (C=O) groups excluding carboxylic acids is 3. The third-order valence-corrected chi connectivity index (χ3v) is 9.09. The predicted octanol–water partition coefficient (Wildman–Crippen LogP) is 1.07. The van der Waals surface area contributed by atoms with Crippen LogP contribution < -0.4 is 5.32 Å². The second kappa shape index (κ2) is 11.6. The molecule has 3 unspecified atom stereocenters. The SMILES string of the molecule is CCCCOC(=O)n1cnnc1SCC1(C(=O)O)CS[C@@H]2C(NC(=O)C(O)c3ccc(O)cc3)C(=O)N2C1. The molecule has 1 aromatic carbocycles. The molecule has 2 saturated heterocycles. The summed E-state index contributed by atoms with van der Waals surface area (Å²) in [6, 6.07) is 4.56. The smallest absolute Gasteiger partial charge is 0.421 e. The molecule has 1 aromatic heterocycles. The van der Waals surface area contributed by atoms with Gasteiger partial charge in [-0.3, -0.25) is 14.4 Å². The number of aromatic nitrogens is 3. The van der Waals surface area contributed by atoms with Crippen LogP contribution in [0.2, 0.25) is 0 Å². The minimum Gasteiger partial charge on any atom is -0.508 e. The zero-order valence-electron chi connectivity index (χ0n) is 20.3. The van der Waals surface area contributed by atoms with Gasteiger partial charge in [0, 0.05) is 18.1 Å². The van der Waals surface area contributed by atoms with Crippen molar-refractivity contribution in [2.75, 3.05) is 24.7 Å². The van der Waals surface area contributed by atoms with Gasteiger partial charge in [-0.25, -0.2) is 9.36 Å². The van der Waals surface area contributed by atoms with Crippen LogP contribution in [-0.4, -0.2) is 94.9 Å². The van der Waals surface area contributed by atoms with E-state index in [0.29, 0.717) is 6.42 Å². The molecule has 3 heterocycles. The average Bonchev–Trinajstić information content (AvgIpc) is 3.39. The fourth-order valence-electron chi connectivity index (χ4n) is 3.97. The number of aliphatic hydroxyl groups is 1. The number of carbonyl (C=O) groups is 4. The number of aliphatic hydroxyl groups excluding tert-OH is 1. The lowest BCUT2D eigenvalue weighted by Gasteiger charge is -2.53. The second-order valence-corrected chi connectivity index (χ2v) is 11.0. The highest BCUT2D eigenvalue weighted by atomic mass is 32.2. The molecular formula is C23H27N5O8S2. The van der Waals surface area contributed by atoms with E-state index >= 15 is 0 Å². The van der Waals surface area contributed by atoms with Crippen molar-refractivity contribution >= 4 is 47.4 Å². The van der Waals surface area contributed by atoms with Gasteiger partial charge in [0.2, 0.25) is 11.1 Å². The number of benzene rings is 1. The summed E-state index contributed by atoms with van der Waals surface area (Å²) in [7, 11) is 0. The van der Waals surface area contributed by atoms with Crippen LogP contribution in [-0.2, 0) is 19.1 Å². The summed E-state index contributed by atoms with van der Waals surface area (Å²) in [6.07, 6.45) is 0.577. The Bertz CT molecular complexity index is 1210. The number of carboxylic acid groups (broad SMARTS) is 1. The van der Waals surface area contributed by atoms with Gasteiger partial charge >= 0.3 is 12.1 Å². The number of aliphatic carboxylic acids is 1. The Labute approximate surface area is 225 Å². The van der Waals surface area contributed by atoms with Gasteiger partial charge in [-0.2, -0.15) is 0 Å². The van der Waals surface area contributed by atoms with E-state index in [4.69, 9.17) is 4.74 Å². The molecular weight excluding hydrogens is 538 g/mol. The molecule has 13 nitrogen and oxygen atoms in total. The second-order valence-electron chi connectivity index (χ2n) is 8.97. The summed E-state index contributed by atoms with van der Waals surface area (Å²) in [4.78, 5) is 51.4. The van der Waals surface area contributed by atoms with E-state index in [9.17, 15) is 34.5 Å². The van der Waals surface area contributed by atoms with Crippen LogP contribution in [0.25, 0.3) is 0 Å². The molecule has 0 spiro atoms. The Balaban J connectivity index is 1.37. The number of phenols is 1. The van der Waals surface area contributed by atoms with Gasteiger partial charge in [0.15, 0.2) is 6.10 Å². The standard InChI is InChI=1S/C23H27N5O8S2/c1-2-3-8-36-22(35)28-12-24-26-21(28)38-11-23(20(33)34)9-27-18(32)15(19(27)37-10-23)25-17(31)16(30)13-4-6-14(29)7-5-13/h4-7,12,15-16,19,29-30H,2-3,8-11H2,1H3,(H,25,31)(H,33,34)/t15?,16?,19-,23?/m1/s1. The third kappa shape index (κ3) is 5.59. The number of nitrogens with one attached hydrogen (secondary N) is 1. The number of ether oxygens (including phenoxy) is 1. The Morgan fingerprint density at radius 2 is 2.05 bits per heavy atom. The van der Waals surface area contributed by atoms with Gasteiger partial charge in [0.05, 0.1) is 6.61 Å². The zero-order valence-corrected chi connectivity index (χ0v) is 22.0. The van der Waals surface area contributed by atoms with Crippen molar-refractivity contribution in [3.63, 3.8) is 0 Å². The lowest BCUT2D eigenvalue weighted by atomic mass is 9.89. The summed E-state index contributed by atoms with van der Waals surface area (Å²) in [5, 5.41) is 39.6. The summed E-state index contributed by atoms with van der Waals surface area (Å²) in [5.41, 5.74) is -1.07. The largest absolute Gasteiger partial charge is 0.508 e. The molecule has 204 valence electrons. The van der Waals surface area contributed by atoms with Crippen LogP contribution in [0.4, 0.5) is 4.79 Å². The van der Waals surface area contributed by atoms with Gasteiger partial charge < -0.3 is 30.3 Å². The van der Waals surface area contributed by atoms with Crippen LogP contribution in [0.5, 0.6) is 5.75 Å². The van der Waals surface area contributed by atoms with E-state index < -0.39 is 46.8 Å². The number of rotatable bonds is 10. The molecule has 2 aliphatic heterocycles. The van der Waals surface area contributed by atoms with Crippen LogP contribution in [0.1, 0.15) is 31.4 Å². The van der Waals surface area contributed by atoms with Crippen LogP contribution in [0, 0.1) is 5.41 Å². The molecule has 0 saturated carbocycles. The molecule has 0 aliphatic carbocycles. The number of thioether (sulfide) groups is 2. The Hall–Kier alpha value is -3.30. The fraction of sp³-hybridized carbons (Fsp3) is 0.478. The maximum absolute atomic E-state index is 12.8. The topological polar surface area (TPSA) is 184 Å². The number of β-lactam (4-membered cyclic amide) rings is 1. The number of aromatic hydroxyl groups is 1. The number of fused-ring (bicyclic) bond motifs is 1. The average molecular weight is 566 g/mol. The molecule has 2 aliphatic rings. The van der Waals surface area contributed by atoms with Crippen molar-refractivity contribution in [1.82, 2.24) is 25.0 Å². The van der Waals surface area contributed by atoms with Crippen LogP contribution >= 0.6 is 23.5 Å². The van der Waals surface area contributed by atoms with E-state index in [1.807, 2.05) is 6.92 Å². The molecule has 4 rings (SSSR count). The van der Waals surface area contributed by atoms with Crippen molar-refractivity contribution in [2.45, 2.75) is 42.4 Å². The minimum absolute atomic E-state index is 0.0167. The highest BCUT2D eigenvalue weighted by molar-refractivity contribution is 8.00. The molecule has 15 heteroatoms. The first-order valence-electron chi connectivity index (χ1n) is 11.8. The lowest BCUT2D eigenvalue weighted by molar-refractivity contribution is -0.158. The van der Waals surface area contributed by atoms with Crippen LogP contribution in [0.3, 0.4) is 0 Å². The number of amides is 2. The number of hydrogen-bond acceptors (Lipinski definition) is 11. The van der Waals surface area contributed by atoms with E-state index in [0.717, 1.165) is 22.7 Å². The molecule has 2 amide bonds. The molecule has 2 aromatic rings. The van der Waals surface area contributed by atoms with Crippen molar-refractivity contribution < 1.29 is 39.2 Å². The quantitative estimate of drug-likeness (QED) is 0.183. The number of phenolic OH excluding ortho intramolecular Hbond substituents is 1. The first-order valence-corrected chi connectivity index (χ1v) is 13.8. The van der Waals surface area contributed by atoms with Gasteiger partial charge in [0.25, 0.3) is 5.91 Å². The molecule has 0 radical (unpaired) electrons.